The van der Waals surface area contributed by atoms with Crippen molar-refractivity contribution in [3.05, 3.63) is 35.4 Å². The Morgan fingerprint density at radius 2 is 1.81 bits per heavy atom. The molecule has 1 N–H and O–H groups in total. The van der Waals surface area contributed by atoms with E-state index in [9.17, 15) is 8.78 Å². The Morgan fingerprint density at radius 1 is 1.12 bits per heavy atom. The van der Waals surface area contributed by atoms with Crippen LogP contribution in [0.4, 0.5) is 8.78 Å². The van der Waals surface area contributed by atoms with Gasteiger partial charge in [-0.05, 0) is 30.7 Å². The quantitative estimate of drug-likeness (QED) is 0.725. The summed E-state index contributed by atoms with van der Waals surface area (Å²) < 4.78 is 30.9. The molecule has 0 aromatic heterocycles. The summed E-state index contributed by atoms with van der Waals surface area (Å²) in [7, 11) is 0. The summed E-state index contributed by atoms with van der Waals surface area (Å²) in [6.07, 6.45) is 1.08. The molecule has 0 aliphatic carbocycles. The molecule has 0 bridgehead atoms. The van der Waals surface area contributed by atoms with E-state index in [0.717, 1.165) is 25.6 Å². The average Bonchev–Trinajstić information content (AvgIpc) is 2.22. The lowest BCUT2D eigenvalue weighted by atomic mass is 10.2. The largest absolute Gasteiger partial charge is 0.375 e. The standard InChI is InChI=1S/C12H17F2NO/c1-2-3-15-4-5-16-9-10-6-11(13)8-12(14)7-10/h6-8,15H,2-5,9H2,1H3. The summed E-state index contributed by atoms with van der Waals surface area (Å²) in [4.78, 5) is 0. The van der Waals surface area contributed by atoms with Gasteiger partial charge in [0.05, 0.1) is 13.2 Å². The van der Waals surface area contributed by atoms with Crippen molar-refractivity contribution in [1.29, 1.82) is 0 Å². The number of halogens is 2. The lowest BCUT2D eigenvalue weighted by molar-refractivity contribution is 0.122. The molecule has 0 heterocycles. The third-order valence-corrected chi connectivity index (χ3v) is 2.04. The Kier molecular flexibility index (Phi) is 5.96. The second kappa shape index (κ2) is 7.30. The van der Waals surface area contributed by atoms with Crippen LogP contribution in [0.25, 0.3) is 0 Å². The van der Waals surface area contributed by atoms with Gasteiger partial charge >= 0.3 is 0 Å². The predicted octanol–water partition coefficient (Wildman–Crippen LogP) is 2.48. The average molecular weight is 229 g/mol. The van der Waals surface area contributed by atoms with E-state index in [1.54, 1.807) is 0 Å². The molecule has 4 heteroatoms. The second-order valence-electron chi connectivity index (χ2n) is 3.58. The third-order valence-electron chi connectivity index (χ3n) is 2.04. The van der Waals surface area contributed by atoms with E-state index in [0.29, 0.717) is 12.2 Å². The molecule has 90 valence electrons. The van der Waals surface area contributed by atoms with Crippen LogP contribution < -0.4 is 5.32 Å². The van der Waals surface area contributed by atoms with Crippen LogP contribution in [0.1, 0.15) is 18.9 Å². The van der Waals surface area contributed by atoms with Crippen molar-refractivity contribution >= 4 is 0 Å². The van der Waals surface area contributed by atoms with E-state index in [2.05, 4.69) is 12.2 Å². The molecule has 0 saturated heterocycles. The Bertz CT molecular complexity index is 298. The number of benzene rings is 1. The maximum Gasteiger partial charge on any atom is 0.126 e. The maximum atomic E-state index is 12.8. The molecule has 0 spiro atoms. The normalized spacial score (nSPS) is 10.7. The van der Waals surface area contributed by atoms with Crippen LogP contribution in [0.3, 0.4) is 0 Å². The van der Waals surface area contributed by atoms with Gasteiger partial charge in [0.25, 0.3) is 0 Å². The molecule has 1 aromatic rings. The second-order valence-corrected chi connectivity index (χ2v) is 3.58. The molecule has 0 fully saturated rings. The highest BCUT2D eigenvalue weighted by Gasteiger charge is 2.00. The van der Waals surface area contributed by atoms with Gasteiger partial charge in [-0.3, -0.25) is 0 Å². The number of rotatable bonds is 7. The highest BCUT2D eigenvalue weighted by molar-refractivity contribution is 5.16. The Morgan fingerprint density at radius 3 is 2.44 bits per heavy atom. The fourth-order valence-corrected chi connectivity index (χ4v) is 1.33. The van der Waals surface area contributed by atoms with Crippen LogP contribution in [0, 0.1) is 11.6 Å². The van der Waals surface area contributed by atoms with Crippen LogP contribution in [-0.2, 0) is 11.3 Å². The first kappa shape index (κ1) is 13.1. The van der Waals surface area contributed by atoms with E-state index in [1.165, 1.54) is 12.1 Å². The van der Waals surface area contributed by atoms with Gasteiger partial charge in [0.1, 0.15) is 11.6 Å². The van der Waals surface area contributed by atoms with Gasteiger partial charge in [0, 0.05) is 12.6 Å². The zero-order chi connectivity index (χ0) is 11.8. The van der Waals surface area contributed by atoms with E-state index in [4.69, 9.17) is 4.74 Å². The minimum atomic E-state index is -0.567. The Labute approximate surface area is 94.6 Å². The molecular weight excluding hydrogens is 212 g/mol. The maximum absolute atomic E-state index is 12.8. The monoisotopic (exact) mass is 229 g/mol. The Hall–Kier alpha value is -1.00. The topological polar surface area (TPSA) is 21.3 Å². The van der Waals surface area contributed by atoms with Gasteiger partial charge in [-0.15, -0.1) is 0 Å². The first-order valence-electron chi connectivity index (χ1n) is 5.46. The van der Waals surface area contributed by atoms with E-state index >= 15 is 0 Å². The predicted molar refractivity (Wildman–Crippen MR) is 59.2 cm³/mol. The van der Waals surface area contributed by atoms with Crippen molar-refractivity contribution in [2.45, 2.75) is 20.0 Å². The summed E-state index contributed by atoms with van der Waals surface area (Å²) in [6, 6.07) is 3.41. The third kappa shape index (κ3) is 5.19. The summed E-state index contributed by atoms with van der Waals surface area (Å²) in [5, 5.41) is 3.17. The molecule has 16 heavy (non-hydrogen) atoms. The van der Waals surface area contributed by atoms with Crippen molar-refractivity contribution in [2.24, 2.45) is 0 Å². The van der Waals surface area contributed by atoms with Crippen molar-refractivity contribution in [2.75, 3.05) is 19.7 Å². The highest BCUT2D eigenvalue weighted by atomic mass is 19.1. The van der Waals surface area contributed by atoms with Crippen molar-refractivity contribution < 1.29 is 13.5 Å². The van der Waals surface area contributed by atoms with Crippen molar-refractivity contribution in [1.82, 2.24) is 5.32 Å². The molecule has 0 unspecified atom stereocenters. The number of hydrogen-bond acceptors (Lipinski definition) is 2. The van der Waals surface area contributed by atoms with Crippen molar-refractivity contribution in [3.63, 3.8) is 0 Å². The first-order valence-corrected chi connectivity index (χ1v) is 5.46. The summed E-state index contributed by atoms with van der Waals surface area (Å²) in [5.41, 5.74) is 0.521. The van der Waals surface area contributed by atoms with Gasteiger partial charge in [-0.2, -0.15) is 0 Å². The molecule has 0 amide bonds. The molecule has 0 radical (unpaired) electrons. The molecule has 0 saturated carbocycles. The number of ether oxygens (including phenoxy) is 1. The van der Waals surface area contributed by atoms with Crippen LogP contribution >= 0.6 is 0 Å². The molecule has 2 nitrogen and oxygen atoms in total. The van der Waals surface area contributed by atoms with Crippen LogP contribution in [-0.4, -0.2) is 19.7 Å². The van der Waals surface area contributed by atoms with Crippen molar-refractivity contribution in [3.8, 4) is 0 Å². The molecule has 1 rings (SSSR count). The lowest BCUT2D eigenvalue weighted by Crippen LogP contribution is -2.20. The van der Waals surface area contributed by atoms with Gasteiger partial charge in [0.2, 0.25) is 0 Å². The zero-order valence-electron chi connectivity index (χ0n) is 9.43. The van der Waals surface area contributed by atoms with Gasteiger partial charge in [-0.25, -0.2) is 8.78 Å². The van der Waals surface area contributed by atoms with Crippen LogP contribution in [0.15, 0.2) is 18.2 Å². The SMILES string of the molecule is CCCNCCOCc1cc(F)cc(F)c1. The fraction of sp³-hybridized carbons (Fsp3) is 0.500. The number of nitrogens with one attached hydrogen (secondary N) is 1. The lowest BCUT2D eigenvalue weighted by Gasteiger charge is -2.05. The first-order chi connectivity index (χ1) is 7.72. The smallest absolute Gasteiger partial charge is 0.126 e. The van der Waals surface area contributed by atoms with Gasteiger partial charge in [-0.1, -0.05) is 6.92 Å². The molecule has 0 aliphatic rings. The van der Waals surface area contributed by atoms with Gasteiger partial charge in [0.15, 0.2) is 0 Å². The zero-order valence-corrected chi connectivity index (χ0v) is 9.43. The molecule has 0 aliphatic heterocycles. The summed E-state index contributed by atoms with van der Waals surface area (Å²) in [6.45, 7) is 4.58. The minimum absolute atomic E-state index is 0.239. The molecule has 1 aromatic carbocycles. The van der Waals surface area contributed by atoms with E-state index < -0.39 is 11.6 Å². The van der Waals surface area contributed by atoms with E-state index in [-0.39, 0.29) is 6.61 Å². The summed E-state index contributed by atoms with van der Waals surface area (Å²) >= 11 is 0. The summed E-state index contributed by atoms with van der Waals surface area (Å²) in [5.74, 6) is -1.13. The molecule has 0 atom stereocenters. The van der Waals surface area contributed by atoms with E-state index in [1.807, 2.05) is 0 Å². The fourth-order valence-electron chi connectivity index (χ4n) is 1.33. The highest BCUT2D eigenvalue weighted by Crippen LogP contribution is 2.08. The minimum Gasteiger partial charge on any atom is -0.375 e. The number of hydrogen-bond donors (Lipinski definition) is 1. The van der Waals surface area contributed by atoms with Crippen LogP contribution in [0.2, 0.25) is 0 Å². The van der Waals surface area contributed by atoms with Gasteiger partial charge < -0.3 is 10.1 Å². The Balaban J connectivity index is 2.21. The van der Waals surface area contributed by atoms with Crippen LogP contribution in [0.5, 0.6) is 0 Å². The molecular formula is C12H17F2NO.